The minimum atomic E-state index is -4.41. The SMILES string of the molecule is O=C1N[C@H](CCC(=O)N2CC3(CCN(Cc4ccc(C(F)(F)F)nc4)CC3)C2)CO1. The van der Waals surface area contributed by atoms with E-state index < -0.39 is 18.0 Å². The summed E-state index contributed by atoms with van der Waals surface area (Å²) in [4.78, 5) is 31.0. The number of hydrogen-bond donors (Lipinski definition) is 1. The molecule has 1 aromatic heterocycles. The van der Waals surface area contributed by atoms with Crippen LogP contribution in [0.15, 0.2) is 18.3 Å². The molecule has 1 N–H and O–H groups in total. The van der Waals surface area contributed by atoms with Crippen LogP contribution in [0.5, 0.6) is 0 Å². The highest BCUT2D eigenvalue weighted by Crippen LogP contribution is 2.41. The molecule has 3 aliphatic rings. The van der Waals surface area contributed by atoms with Crippen molar-refractivity contribution >= 4 is 12.0 Å². The van der Waals surface area contributed by atoms with E-state index in [0.29, 0.717) is 26.0 Å². The minimum Gasteiger partial charge on any atom is -0.447 e. The molecule has 3 aliphatic heterocycles. The molecule has 1 spiro atoms. The van der Waals surface area contributed by atoms with Crippen molar-refractivity contribution in [1.29, 1.82) is 0 Å². The Kier molecular flexibility index (Phi) is 5.61. The zero-order chi connectivity index (χ0) is 21.4. The zero-order valence-electron chi connectivity index (χ0n) is 16.6. The first-order chi connectivity index (χ1) is 14.2. The molecule has 7 nitrogen and oxygen atoms in total. The number of pyridine rings is 1. The van der Waals surface area contributed by atoms with Crippen LogP contribution in [0.4, 0.5) is 18.0 Å². The highest BCUT2D eigenvalue weighted by molar-refractivity contribution is 5.77. The quantitative estimate of drug-likeness (QED) is 0.783. The van der Waals surface area contributed by atoms with Crippen LogP contribution in [-0.4, -0.2) is 65.6 Å². The van der Waals surface area contributed by atoms with Gasteiger partial charge < -0.3 is 15.0 Å². The van der Waals surface area contributed by atoms with Gasteiger partial charge in [-0.2, -0.15) is 13.2 Å². The largest absolute Gasteiger partial charge is 0.447 e. The van der Waals surface area contributed by atoms with Gasteiger partial charge >= 0.3 is 12.3 Å². The maximum Gasteiger partial charge on any atom is 0.433 e. The van der Waals surface area contributed by atoms with Crippen molar-refractivity contribution in [2.75, 3.05) is 32.8 Å². The fraction of sp³-hybridized carbons (Fsp3) is 0.650. The van der Waals surface area contributed by atoms with Gasteiger partial charge in [0.25, 0.3) is 0 Å². The number of alkyl carbamates (subject to hydrolysis) is 1. The summed E-state index contributed by atoms with van der Waals surface area (Å²) < 4.78 is 42.7. The van der Waals surface area contributed by atoms with E-state index >= 15 is 0 Å². The molecule has 1 atom stereocenters. The van der Waals surface area contributed by atoms with Gasteiger partial charge in [0.15, 0.2) is 0 Å². The second-order valence-electron chi connectivity index (χ2n) is 8.55. The molecule has 10 heteroatoms. The summed E-state index contributed by atoms with van der Waals surface area (Å²) in [5.74, 6) is 0.111. The van der Waals surface area contributed by atoms with Crippen molar-refractivity contribution in [2.45, 2.75) is 44.4 Å². The maximum absolute atomic E-state index is 12.6. The molecule has 0 aromatic carbocycles. The number of halogens is 3. The molecule has 0 bridgehead atoms. The Bertz CT molecular complexity index is 783. The van der Waals surface area contributed by atoms with Crippen molar-refractivity contribution in [3.8, 4) is 0 Å². The second-order valence-corrected chi connectivity index (χ2v) is 8.55. The Balaban J connectivity index is 1.18. The van der Waals surface area contributed by atoms with Gasteiger partial charge in [0.05, 0.1) is 6.04 Å². The van der Waals surface area contributed by atoms with E-state index in [-0.39, 0.29) is 17.4 Å². The average Bonchev–Trinajstić information content (AvgIpc) is 3.10. The Hall–Kier alpha value is -2.36. The fourth-order valence-corrected chi connectivity index (χ4v) is 4.42. The molecular weight excluding hydrogens is 401 g/mol. The molecule has 0 radical (unpaired) electrons. The number of rotatable bonds is 5. The number of carbonyl (C=O) groups excluding carboxylic acids is 2. The number of aromatic nitrogens is 1. The fourth-order valence-electron chi connectivity index (χ4n) is 4.42. The minimum absolute atomic E-state index is 0.0837. The molecule has 164 valence electrons. The molecule has 4 heterocycles. The summed E-state index contributed by atoms with van der Waals surface area (Å²) in [5.41, 5.74) is 0.0631. The van der Waals surface area contributed by atoms with Crippen LogP contribution in [0.2, 0.25) is 0 Å². The number of ether oxygens (including phenoxy) is 1. The molecular formula is C20H25F3N4O3. The number of nitrogens with zero attached hydrogens (tertiary/aromatic N) is 3. The number of amides is 2. The van der Waals surface area contributed by atoms with E-state index in [9.17, 15) is 22.8 Å². The Morgan fingerprint density at radius 3 is 2.57 bits per heavy atom. The molecule has 30 heavy (non-hydrogen) atoms. The monoisotopic (exact) mass is 426 g/mol. The van der Waals surface area contributed by atoms with Crippen LogP contribution in [0.1, 0.15) is 36.9 Å². The van der Waals surface area contributed by atoms with Gasteiger partial charge in [0, 0.05) is 37.7 Å². The molecule has 0 aliphatic carbocycles. The molecule has 0 saturated carbocycles. The predicted octanol–water partition coefficient (Wildman–Crippen LogP) is 2.41. The average molecular weight is 426 g/mol. The van der Waals surface area contributed by atoms with Crippen molar-refractivity contribution in [3.05, 3.63) is 29.6 Å². The first kappa shape index (κ1) is 20.9. The molecule has 2 amide bonds. The van der Waals surface area contributed by atoms with Crippen molar-refractivity contribution in [3.63, 3.8) is 0 Å². The van der Waals surface area contributed by atoms with Crippen LogP contribution in [0.3, 0.4) is 0 Å². The number of cyclic esters (lactones) is 1. The summed E-state index contributed by atoms with van der Waals surface area (Å²) in [7, 11) is 0. The molecule has 3 fully saturated rings. The standard InChI is InChI=1S/C20H25F3N4O3/c21-20(22,23)16-3-1-14(9-24-16)10-26-7-5-19(6-8-26)12-27(13-19)17(28)4-2-15-11-30-18(29)25-15/h1,3,9,15H,2,4-8,10-13H2,(H,25,29)/t15-/m1/s1. The van der Waals surface area contributed by atoms with Gasteiger partial charge in [-0.05, 0) is 44.0 Å². The van der Waals surface area contributed by atoms with Crippen LogP contribution in [-0.2, 0) is 22.3 Å². The second kappa shape index (κ2) is 8.05. The zero-order valence-corrected chi connectivity index (χ0v) is 16.6. The Labute approximate surface area is 172 Å². The number of carbonyl (C=O) groups is 2. The normalized spacial score (nSPS) is 23.8. The number of hydrogen-bond acceptors (Lipinski definition) is 5. The lowest BCUT2D eigenvalue weighted by Crippen LogP contribution is -2.61. The highest BCUT2D eigenvalue weighted by Gasteiger charge is 2.46. The molecule has 0 unspecified atom stereocenters. The van der Waals surface area contributed by atoms with Crippen molar-refractivity contribution in [1.82, 2.24) is 20.1 Å². The van der Waals surface area contributed by atoms with E-state index in [1.807, 2.05) is 4.90 Å². The van der Waals surface area contributed by atoms with Gasteiger partial charge in [-0.3, -0.25) is 14.7 Å². The number of nitrogens with one attached hydrogen (secondary N) is 1. The smallest absolute Gasteiger partial charge is 0.433 e. The number of alkyl halides is 3. The van der Waals surface area contributed by atoms with E-state index in [4.69, 9.17) is 4.74 Å². The summed E-state index contributed by atoms with van der Waals surface area (Å²) in [6.45, 7) is 4.13. The van der Waals surface area contributed by atoms with Gasteiger partial charge in [0.2, 0.25) is 5.91 Å². The topological polar surface area (TPSA) is 74.8 Å². The van der Waals surface area contributed by atoms with E-state index in [1.54, 1.807) is 0 Å². The van der Waals surface area contributed by atoms with Crippen LogP contribution in [0, 0.1) is 5.41 Å². The summed E-state index contributed by atoms with van der Waals surface area (Å²) >= 11 is 0. The Morgan fingerprint density at radius 2 is 2.00 bits per heavy atom. The van der Waals surface area contributed by atoms with Gasteiger partial charge in [-0.25, -0.2) is 4.79 Å². The van der Waals surface area contributed by atoms with E-state index in [2.05, 4.69) is 15.2 Å². The van der Waals surface area contributed by atoms with Crippen molar-refractivity contribution < 1.29 is 27.5 Å². The molecule has 4 rings (SSSR count). The summed E-state index contributed by atoms with van der Waals surface area (Å²) in [6, 6.07) is 2.43. The first-order valence-electron chi connectivity index (χ1n) is 10.2. The van der Waals surface area contributed by atoms with E-state index in [0.717, 1.165) is 50.7 Å². The van der Waals surface area contributed by atoms with E-state index in [1.165, 1.54) is 12.3 Å². The van der Waals surface area contributed by atoms with Crippen LogP contribution >= 0.6 is 0 Å². The van der Waals surface area contributed by atoms with Gasteiger partial charge in [-0.15, -0.1) is 0 Å². The number of piperidine rings is 1. The van der Waals surface area contributed by atoms with Crippen LogP contribution < -0.4 is 5.32 Å². The van der Waals surface area contributed by atoms with Crippen molar-refractivity contribution in [2.24, 2.45) is 5.41 Å². The summed E-state index contributed by atoms with van der Waals surface area (Å²) in [5, 5.41) is 2.68. The van der Waals surface area contributed by atoms with Gasteiger partial charge in [0.1, 0.15) is 12.3 Å². The lowest BCUT2D eigenvalue weighted by Gasteiger charge is -2.54. The lowest BCUT2D eigenvalue weighted by molar-refractivity contribution is -0.147. The molecule has 1 aromatic rings. The van der Waals surface area contributed by atoms with Crippen LogP contribution in [0.25, 0.3) is 0 Å². The highest BCUT2D eigenvalue weighted by atomic mass is 19.4. The molecule has 3 saturated heterocycles. The maximum atomic E-state index is 12.6. The summed E-state index contributed by atoms with van der Waals surface area (Å²) in [6.07, 6.45) is -0.610. The third-order valence-corrected chi connectivity index (χ3v) is 6.29. The predicted molar refractivity (Wildman–Crippen MR) is 100 cm³/mol. The number of likely N-dealkylation sites (tertiary alicyclic amines) is 2. The lowest BCUT2D eigenvalue weighted by atomic mass is 9.72. The van der Waals surface area contributed by atoms with Gasteiger partial charge in [-0.1, -0.05) is 6.07 Å². The first-order valence-corrected chi connectivity index (χ1v) is 10.2. The third kappa shape index (κ3) is 4.69. The Morgan fingerprint density at radius 1 is 1.27 bits per heavy atom. The third-order valence-electron chi connectivity index (χ3n) is 6.29.